The van der Waals surface area contributed by atoms with E-state index in [0.717, 1.165) is 17.0 Å². The highest BCUT2D eigenvalue weighted by molar-refractivity contribution is 7.89. The molecule has 1 aromatic carbocycles. The Hall–Kier alpha value is -1.53. The van der Waals surface area contributed by atoms with Gasteiger partial charge in [-0.1, -0.05) is 17.0 Å². The van der Waals surface area contributed by atoms with Crippen LogP contribution in [-0.4, -0.2) is 27.6 Å². The number of hydrogen-bond acceptors (Lipinski definition) is 4. The van der Waals surface area contributed by atoms with Crippen LogP contribution in [0.25, 0.3) is 0 Å². The molecule has 0 radical (unpaired) electrons. The molecule has 0 aliphatic heterocycles. The Morgan fingerprint density at radius 2 is 1.62 bits per heavy atom. The molecule has 1 N–H and O–H groups in total. The molecule has 0 aromatic heterocycles. The summed E-state index contributed by atoms with van der Waals surface area (Å²) in [4.78, 5) is 3.74. The van der Waals surface area contributed by atoms with Crippen molar-refractivity contribution in [2.45, 2.75) is 17.4 Å². The van der Waals surface area contributed by atoms with Gasteiger partial charge in [0.1, 0.15) is 10.6 Å². The largest absolute Gasteiger partial charge is 0.573 e. The summed E-state index contributed by atoms with van der Waals surface area (Å²) in [6.45, 7) is -1.95. The first-order valence-electron chi connectivity index (χ1n) is 4.96. The van der Waals surface area contributed by atoms with E-state index < -0.39 is 39.8 Å². The van der Waals surface area contributed by atoms with E-state index in [1.807, 2.05) is 0 Å². The van der Waals surface area contributed by atoms with Crippen molar-refractivity contribution < 1.29 is 44.3 Å². The number of nitrogens with one attached hydrogen (secondary N) is 1. The van der Waals surface area contributed by atoms with Gasteiger partial charge in [0.2, 0.25) is 0 Å². The minimum atomic E-state index is -5.17. The summed E-state index contributed by atoms with van der Waals surface area (Å²) in [7, 11) is -4.78. The van der Waals surface area contributed by atoms with Crippen LogP contribution in [0.1, 0.15) is 0 Å². The average molecular weight is 339 g/mol. The lowest BCUT2D eigenvalue weighted by Crippen LogP contribution is -2.30. The van der Waals surface area contributed by atoms with Gasteiger partial charge in [0.05, 0.1) is 0 Å². The molecular formula is C9H7F6NO4S. The van der Waals surface area contributed by atoms with Crippen molar-refractivity contribution >= 4 is 10.0 Å². The Labute approximate surface area is 114 Å². The molecule has 0 atom stereocenters. The number of para-hydroxylation sites is 1. The number of rotatable bonds is 5. The number of alkyl halides is 6. The molecule has 0 spiro atoms. The third-order valence-corrected chi connectivity index (χ3v) is 3.02. The summed E-state index contributed by atoms with van der Waals surface area (Å²) in [6, 6.07) is 3.50. The smallest absolute Gasteiger partial charge is 0.404 e. The summed E-state index contributed by atoms with van der Waals surface area (Å²) < 4.78 is 98.3. The molecule has 0 aliphatic carbocycles. The number of ether oxygens (including phenoxy) is 1. The normalized spacial score (nSPS) is 13.2. The maximum absolute atomic E-state index is 12.1. The predicted molar refractivity (Wildman–Crippen MR) is 55.5 cm³/mol. The van der Waals surface area contributed by atoms with E-state index in [9.17, 15) is 34.8 Å². The molecule has 0 fully saturated rings. The molecule has 21 heavy (non-hydrogen) atoms. The molecule has 12 heteroatoms. The zero-order chi connectivity index (χ0) is 16.3. The third kappa shape index (κ3) is 6.18. The second-order valence-corrected chi connectivity index (χ2v) is 5.10. The minimum Gasteiger partial charge on any atom is -0.404 e. The van der Waals surface area contributed by atoms with Gasteiger partial charge in [0.15, 0.2) is 6.61 Å². The van der Waals surface area contributed by atoms with Crippen LogP contribution in [0, 0.1) is 0 Å². The van der Waals surface area contributed by atoms with Gasteiger partial charge in [-0.25, -0.2) is 8.42 Å². The highest BCUT2D eigenvalue weighted by atomic mass is 32.2. The van der Waals surface area contributed by atoms with Crippen molar-refractivity contribution in [2.24, 2.45) is 0 Å². The fourth-order valence-corrected chi connectivity index (χ4v) is 2.05. The van der Waals surface area contributed by atoms with Crippen LogP contribution in [0.5, 0.6) is 5.75 Å². The van der Waals surface area contributed by atoms with Gasteiger partial charge in [-0.2, -0.15) is 13.2 Å². The van der Waals surface area contributed by atoms with Gasteiger partial charge >= 0.3 is 12.5 Å². The van der Waals surface area contributed by atoms with Gasteiger partial charge in [-0.05, 0) is 12.1 Å². The molecule has 0 amide bonds. The lowest BCUT2D eigenvalue weighted by atomic mass is 10.3. The highest BCUT2D eigenvalue weighted by Crippen LogP contribution is 2.29. The van der Waals surface area contributed by atoms with Crippen molar-refractivity contribution in [1.29, 1.82) is 0 Å². The van der Waals surface area contributed by atoms with Gasteiger partial charge in [-0.15, -0.1) is 13.2 Å². The first-order valence-corrected chi connectivity index (χ1v) is 6.44. The second-order valence-electron chi connectivity index (χ2n) is 3.49. The van der Waals surface area contributed by atoms with E-state index in [4.69, 9.17) is 0 Å². The molecule has 0 heterocycles. The Balaban J connectivity index is 2.93. The monoisotopic (exact) mass is 339 g/mol. The lowest BCUT2D eigenvalue weighted by Gasteiger charge is -2.14. The topological polar surface area (TPSA) is 64.6 Å². The Morgan fingerprint density at radius 1 is 1.05 bits per heavy atom. The van der Waals surface area contributed by atoms with Crippen LogP contribution in [0.3, 0.4) is 0 Å². The Bertz CT molecular complexity index is 583. The fourth-order valence-electron chi connectivity index (χ4n) is 1.11. The molecule has 0 unspecified atom stereocenters. The highest BCUT2D eigenvalue weighted by Gasteiger charge is 2.34. The number of halogens is 6. The van der Waals surface area contributed by atoms with Crippen LogP contribution in [-0.2, 0) is 14.9 Å². The van der Waals surface area contributed by atoms with Crippen LogP contribution in [0.2, 0.25) is 0 Å². The van der Waals surface area contributed by atoms with Crippen molar-refractivity contribution in [3.05, 3.63) is 24.3 Å². The SMILES string of the molecule is O=S(=O)(NOCC(F)(F)F)c1ccccc1OC(F)(F)F. The van der Waals surface area contributed by atoms with Gasteiger partial charge in [0, 0.05) is 0 Å². The molecule has 0 bridgehead atoms. The number of benzene rings is 1. The van der Waals surface area contributed by atoms with Crippen LogP contribution < -0.4 is 9.62 Å². The standard InChI is InChI=1S/C9H7F6NO4S/c10-8(11,12)5-19-16-21(17,18)7-4-2-1-3-6(7)20-9(13,14)15/h1-4,16H,5H2. The van der Waals surface area contributed by atoms with Gasteiger partial charge < -0.3 is 4.74 Å². The quantitative estimate of drug-likeness (QED) is 0.661. The maximum Gasteiger partial charge on any atom is 0.573 e. The zero-order valence-corrected chi connectivity index (χ0v) is 10.6. The van der Waals surface area contributed by atoms with E-state index in [1.165, 1.54) is 0 Å². The zero-order valence-electron chi connectivity index (χ0n) is 9.83. The molecular weight excluding hydrogens is 332 g/mol. The van der Waals surface area contributed by atoms with E-state index in [-0.39, 0.29) is 0 Å². The minimum absolute atomic E-state index is 0.686. The number of sulfonamides is 1. The lowest BCUT2D eigenvalue weighted by molar-refractivity contribution is -0.275. The maximum atomic E-state index is 12.1. The predicted octanol–water partition coefficient (Wildman–Crippen LogP) is 2.36. The third-order valence-electron chi connectivity index (χ3n) is 1.77. The van der Waals surface area contributed by atoms with Gasteiger partial charge in [0.25, 0.3) is 10.0 Å². The van der Waals surface area contributed by atoms with E-state index >= 15 is 0 Å². The van der Waals surface area contributed by atoms with E-state index in [1.54, 1.807) is 0 Å². The molecule has 5 nitrogen and oxygen atoms in total. The van der Waals surface area contributed by atoms with Crippen LogP contribution >= 0.6 is 0 Å². The molecule has 0 saturated carbocycles. The molecule has 0 aliphatic rings. The van der Waals surface area contributed by atoms with Crippen LogP contribution in [0.4, 0.5) is 26.3 Å². The first-order chi connectivity index (χ1) is 9.41. The summed E-state index contributed by atoms with van der Waals surface area (Å²) in [6.07, 6.45) is -9.98. The Morgan fingerprint density at radius 3 is 2.14 bits per heavy atom. The summed E-state index contributed by atoms with van der Waals surface area (Å²) in [5.41, 5.74) is 0. The summed E-state index contributed by atoms with van der Waals surface area (Å²) >= 11 is 0. The van der Waals surface area contributed by atoms with Crippen molar-refractivity contribution in [3.8, 4) is 5.75 Å². The fraction of sp³-hybridized carbons (Fsp3) is 0.333. The summed E-state index contributed by atoms with van der Waals surface area (Å²) in [5, 5.41) is 0. The molecule has 1 aromatic rings. The molecule has 1 rings (SSSR count). The number of hydrogen-bond donors (Lipinski definition) is 1. The average Bonchev–Trinajstić information content (AvgIpc) is 2.25. The summed E-state index contributed by atoms with van der Waals surface area (Å²) in [5.74, 6) is -1.10. The second kappa shape index (κ2) is 6.07. The van der Waals surface area contributed by atoms with Crippen molar-refractivity contribution in [1.82, 2.24) is 4.89 Å². The van der Waals surface area contributed by atoms with E-state index in [2.05, 4.69) is 9.57 Å². The van der Waals surface area contributed by atoms with Gasteiger partial charge in [-0.3, -0.25) is 4.84 Å². The van der Waals surface area contributed by atoms with Crippen LogP contribution in [0.15, 0.2) is 29.2 Å². The Kier molecular flexibility index (Phi) is 5.07. The molecule has 120 valence electrons. The van der Waals surface area contributed by atoms with Crippen molar-refractivity contribution in [2.75, 3.05) is 6.61 Å². The first kappa shape index (κ1) is 17.5. The van der Waals surface area contributed by atoms with E-state index in [0.29, 0.717) is 12.1 Å². The van der Waals surface area contributed by atoms with Crippen molar-refractivity contribution in [3.63, 3.8) is 0 Å². The molecule has 0 saturated heterocycles.